The highest BCUT2D eigenvalue weighted by Gasteiger charge is 2.53. The molecule has 3 aliphatic heterocycles. The van der Waals surface area contributed by atoms with Crippen molar-refractivity contribution in [2.45, 2.75) is 57.8 Å². The monoisotopic (exact) mass is 498 g/mol. The Bertz CT molecular complexity index is 1270. The topological polar surface area (TPSA) is 54.6 Å². The second-order valence-corrected chi connectivity index (χ2v) is 10.6. The molecule has 2 saturated heterocycles. The third-order valence-electron chi connectivity index (χ3n) is 7.89. The van der Waals surface area contributed by atoms with Crippen molar-refractivity contribution < 1.29 is 14.3 Å². The number of hydrogen-bond acceptors (Lipinski definition) is 4. The molecular weight excluding hydrogens is 471 g/mol. The third-order valence-corrected chi connectivity index (χ3v) is 8.72. The van der Waals surface area contributed by atoms with Gasteiger partial charge in [0.2, 0.25) is 0 Å². The number of carbonyl (C=O) groups excluding carboxylic acids is 1. The van der Waals surface area contributed by atoms with Gasteiger partial charge in [0.05, 0.1) is 16.1 Å². The second kappa shape index (κ2) is 8.47. The van der Waals surface area contributed by atoms with E-state index in [2.05, 4.69) is 9.88 Å². The number of aryl methyl sites for hydroxylation is 1. The molecule has 0 aliphatic carbocycles. The Hall–Kier alpha value is -2.21. The van der Waals surface area contributed by atoms with Crippen molar-refractivity contribution in [3.8, 4) is 5.75 Å². The van der Waals surface area contributed by atoms with Gasteiger partial charge < -0.3 is 14.5 Å². The molecule has 0 radical (unpaired) electrons. The number of piperidine rings is 2. The average Bonchev–Trinajstić information content (AvgIpc) is 3.21. The van der Waals surface area contributed by atoms with Gasteiger partial charge in [-0.1, -0.05) is 53.5 Å². The number of esters is 1. The minimum atomic E-state index is -0.364. The van der Waals surface area contributed by atoms with E-state index in [0.717, 1.165) is 67.4 Å². The fraction of sp³-hybridized carbons (Fsp3) is 0.444. The normalized spacial score (nSPS) is 24.1. The van der Waals surface area contributed by atoms with Gasteiger partial charge in [0.15, 0.2) is 5.72 Å². The van der Waals surface area contributed by atoms with Crippen LogP contribution in [0, 0.1) is 12.8 Å². The molecule has 3 aliphatic rings. The minimum absolute atomic E-state index is 0.215. The molecule has 1 aromatic heterocycles. The number of nitrogens with one attached hydrogen (secondary N) is 1. The molecule has 4 heterocycles. The van der Waals surface area contributed by atoms with Crippen LogP contribution >= 0.6 is 23.2 Å². The largest absolute Gasteiger partial charge is 0.470 e. The molecule has 0 bridgehead atoms. The van der Waals surface area contributed by atoms with Crippen LogP contribution in [0.3, 0.4) is 0 Å². The smallest absolute Gasteiger partial charge is 0.340 e. The molecule has 2 fully saturated rings. The van der Waals surface area contributed by atoms with Crippen molar-refractivity contribution in [2.24, 2.45) is 5.92 Å². The number of nitrogens with zero attached hydrogens (tertiary/aromatic N) is 1. The van der Waals surface area contributed by atoms with E-state index in [0.29, 0.717) is 32.8 Å². The van der Waals surface area contributed by atoms with Crippen LogP contribution < -0.4 is 4.74 Å². The zero-order valence-corrected chi connectivity index (χ0v) is 20.8. The standard InChI is InChI=1S/C27H28Cl2N2O3/c1-16-20(26(32)33-15-17-8-3-2-4-9-17)21-19-14-18-10-7-13-31-12-6-5-11-27(18,31)34-25(19)23(29)22(28)24(21)30-16/h2-4,8-9,18,30H,5-7,10-15H2,1H3. The molecule has 34 heavy (non-hydrogen) atoms. The lowest BCUT2D eigenvalue weighted by Gasteiger charge is -2.56. The lowest BCUT2D eigenvalue weighted by atomic mass is 9.74. The number of carbonyl (C=O) groups is 1. The van der Waals surface area contributed by atoms with Crippen molar-refractivity contribution in [2.75, 3.05) is 13.1 Å². The molecule has 0 amide bonds. The molecule has 6 rings (SSSR count). The number of benzene rings is 2. The molecule has 2 unspecified atom stereocenters. The van der Waals surface area contributed by atoms with E-state index in [1.54, 1.807) is 0 Å². The van der Waals surface area contributed by atoms with Crippen molar-refractivity contribution in [1.82, 2.24) is 9.88 Å². The molecule has 7 heteroatoms. The quantitative estimate of drug-likeness (QED) is 0.409. The molecule has 0 saturated carbocycles. The maximum atomic E-state index is 13.3. The molecule has 1 N–H and O–H groups in total. The van der Waals surface area contributed by atoms with E-state index >= 15 is 0 Å². The summed E-state index contributed by atoms with van der Waals surface area (Å²) in [6.45, 7) is 4.20. The van der Waals surface area contributed by atoms with Crippen LogP contribution in [0.2, 0.25) is 10.0 Å². The SMILES string of the molecule is Cc1[nH]c2c(Cl)c(Cl)c3c(c2c1C(=O)OCc1ccccc1)CC1CCCN2CCCCC12O3. The maximum Gasteiger partial charge on any atom is 0.340 e. The molecular formula is C27H28Cl2N2O3. The van der Waals surface area contributed by atoms with E-state index < -0.39 is 0 Å². The molecule has 5 nitrogen and oxygen atoms in total. The van der Waals surface area contributed by atoms with Crippen LogP contribution in [0.5, 0.6) is 5.75 Å². The summed E-state index contributed by atoms with van der Waals surface area (Å²) in [5, 5.41) is 1.62. The van der Waals surface area contributed by atoms with Crippen LogP contribution in [-0.4, -0.2) is 34.7 Å². The summed E-state index contributed by atoms with van der Waals surface area (Å²) in [5.74, 6) is 0.634. The number of halogens is 2. The summed E-state index contributed by atoms with van der Waals surface area (Å²) in [6, 6.07) is 9.70. The second-order valence-electron chi connectivity index (χ2n) is 9.81. The zero-order chi connectivity index (χ0) is 23.4. The lowest BCUT2D eigenvalue weighted by molar-refractivity contribution is -0.177. The van der Waals surface area contributed by atoms with E-state index in [1.165, 1.54) is 6.42 Å². The number of aromatic amines is 1. The molecule has 178 valence electrons. The Morgan fingerprint density at radius 3 is 2.79 bits per heavy atom. The van der Waals surface area contributed by atoms with Gasteiger partial charge in [0.25, 0.3) is 0 Å². The summed E-state index contributed by atoms with van der Waals surface area (Å²) in [6.07, 6.45) is 6.43. The number of aromatic nitrogens is 1. The number of rotatable bonds is 3. The van der Waals surface area contributed by atoms with Crippen molar-refractivity contribution in [3.05, 3.63) is 62.8 Å². The summed E-state index contributed by atoms with van der Waals surface area (Å²) < 4.78 is 12.6. The number of fused-ring (bicyclic) bond motifs is 3. The average molecular weight is 499 g/mol. The Labute approximate surface area is 209 Å². The van der Waals surface area contributed by atoms with Crippen LogP contribution in [0.4, 0.5) is 0 Å². The molecule has 1 spiro atoms. The highest BCUT2D eigenvalue weighted by Crippen LogP contribution is 2.54. The van der Waals surface area contributed by atoms with Gasteiger partial charge in [-0.3, -0.25) is 4.90 Å². The maximum absolute atomic E-state index is 13.3. The lowest BCUT2D eigenvalue weighted by Crippen LogP contribution is -2.64. The first-order valence-electron chi connectivity index (χ1n) is 12.2. The van der Waals surface area contributed by atoms with E-state index in [4.69, 9.17) is 32.7 Å². The van der Waals surface area contributed by atoms with E-state index in [1.807, 2.05) is 37.3 Å². The fourth-order valence-corrected chi connectivity index (χ4v) is 6.80. The summed E-state index contributed by atoms with van der Waals surface area (Å²) in [5.41, 5.74) is 3.54. The summed E-state index contributed by atoms with van der Waals surface area (Å²) in [4.78, 5) is 19.2. The van der Waals surface area contributed by atoms with Crippen molar-refractivity contribution in [3.63, 3.8) is 0 Å². The first kappa shape index (κ1) is 22.3. The first-order chi connectivity index (χ1) is 16.5. The van der Waals surface area contributed by atoms with Gasteiger partial charge in [0.1, 0.15) is 17.4 Å². The molecule has 3 aromatic rings. The van der Waals surface area contributed by atoms with Gasteiger partial charge in [-0.05, 0) is 44.6 Å². The van der Waals surface area contributed by atoms with E-state index in [-0.39, 0.29) is 18.3 Å². The van der Waals surface area contributed by atoms with Crippen LogP contribution in [0.15, 0.2) is 30.3 Å². The molecule has 2 aromatic carbocycles. The van der Waals surface area contributed by atoms with Gasteiger partial charge in [-0.25, -0.2) is 4.79 Å². The highest BCUT2D eigenvalue weighted by molar-refractivity contribution is 6.46. The van der Waals surface area contributed by atoms with Gasteiger partial charge in [-0.15, -0.1) is 0 Å². The fourth-order valence-electron chi connectivity index (χ4n) is 6.33. The number of H-pyrrole nitrogens is 1. The Morgan fingerprint density at radius 1 is 1.18 bits per heavy atom. The Balaban J connectivity index is 1.45. The van der Waals surface area contributed by atoms with Gasteiger partial charge in [-0.2, -0.15) is 0 Å². The zero-order valence-electron chi connectivity index (χ0n) is 19.3. The first-order valence-corrected chi connectivity index (χ1v) is 12.9. The van der Waals surface area contributed by atoms with Crippen LogP contribution in [-0.2, 0) is 17.8 Å². The van der Waals surface area contributed by atoms with Gasteiger partial charge in [0, 0.05) is 42.1 Å². The predicted molar refractivity (Wildman–Crippen MR) is 134 cm³/mol. The Kier molecular flexibility index (Phi) is 5.55. The van der Waals surface area contributed by atoms with E-state index in [9.17, 15) is 4.79 Å². The van der Waals surface area contributed by atoms with Crippen LogP contribution in [0.25, 0.3) is 10.9 Å². The van der Waals surface area contributed by atoms with Crippen molar-refractivity contribution >= 4 is 40.1 Å². The third kappa shape index (κ3) is 3.35. The minimum Gasteiger partial charge on any atom is -0.470 e. The molecule has 2 atom stereocenters. The van der Waals surface area contributed by atoms with Gasteiger partial charge >= 0.3 is 5.97 Å². The number of hydrogen-bond donors (Lipinski definition) is 1. The van der Waals surface area contributed by atoms with Crippen LogP contribution in [0.1, 0.15) is 59.3 Å². The number of ether oxygens (including phenoxy) is 2. The van der Waals surface area contributed by atoms with Crippen molar-refractivity contribution in [1.29, 1.82) is 0 Å². The Morgan fingerprint density at radius 2 is 1.97 bits per heavy atom. The summed E-state index contributed by atoms with van der Waals surface area (Å²) in [7, 11) is 0. The summed E-state index contributed by atoms with van der Waals surface area (Å²) >= 11 is 13.6. The predicted octanol–water partition coefficient (Wildman–Crippen LogP) is 6.67. The highest BCUT2D eigenvalue weighted by atomic mass is 35.5.